The van der Waals surface area contributed by atoms with Gasteiger partial charge in [-0.1, -0.05) is 19.8 Å². The van der Waals surface area contributed by atoms with Gasteiger partial charge in [-0.2, -0.15) is 0 Å². The monoisotopic (exact) mass is 334 g/mol. The van der Waals surface area contributed by atoms with E-state index in [1.165, 1.54) is 32.6 Å². The van der Waals surface area contributed by atoms with Crippen LogP contribution in [-0.2, 0) is 4.79 Å². The molecule has 2 N–H and O–H groups in total. The van der Waals surface area contributed by atoms with Crippen LogP contribution in [0.3, 0.4) is 0 Å². The summed E-state index contributed by atoms with van der Waals surface area (Å²) in [6.45, 7) is 4.68. The van der Waals surface area contributed by atoms with Gasteiger partial charge in [0.25, 0.3) is 0 Å². The third kappa shape index (κ3) is 6.13. The fraction of sp³-hybridized carbons (Fsp3) is 0.632. The Morgan fingerprint density at radius 2 is 2.08 bits per heavy atom. The number of likely N-dealkylation sites (N-methyl/N-ethyl adjacent to an activating group) is 1. The van der Waals surface area contributed by atoms with Crippen LogP contribution in [0.1, 0.15) is 39.5 Å². The summed E-state index contributed by atoms with van der Waals surface area (Å²) in [7, 11) is 2.09. The quantitative estimate of drug-likeness (QED) is 0.805. The molecule has 1 aromatic rings. The van der Waals surface area contributed by atoms with E-state index in [9.17, 15) is 9.90 Å². The van der Waals surface area contributed by atoms with Gasteiger partial charge in [-0.25, -0.2) is 0 Å². The molecule has 0 bridgehead atoms. The van der Waals surface area contributed by atoms with E-state index >= 15 is 0 Å². The number of aliphatic hydroxyl groups is 1. The molecule has 0 saturated heterocycles. The van der Waals surface area contributed by atoms with Gasteiger partial charge in [-0.15, -0.1) is 0 Å². The molecule has 3 atom stereocenters. The zero-order valence-electron chi connectivity index (χ0n) is 15.0. The van der Waals surface area contributed by atoms with Crippen LogP contribution in [0.25, 0.3) is 0 Å². The van der Waals surface area contributed by atoms with E-state index in [1.54, 1.807) is 24.3 Å². The number of hydrogen-bond donors (Lipinski definition) is 2. The molecule has 0 spiro atoms. The Kier molecular flexibility index (Phi) is 7.06. The molecule has 3 unspecified atom stereocenters. The molecule has 1 aliphatic carbocycles. The Morgan fingerprint density at radius 1 is 1.38 bits per heavy atom. The van der Waals surface area contributed by atoms with Crippen molar-refractivity contribution in [1.82, 2.24) is 4.90 Å². The number of nitrogens with one attached hydrogen (secondary N) is 1. The standard InChI is InChI=1S/C19H30N2O3/c1-14-5-4-6-17(11-14)21(3)12-18(23)13-24-19-9-7-16(8-10-19)20-15(2)22/h7-10,14,17-18,23H,4-6,11-13H2,1-3H3,(H,20,22). The third-order valence-electron chi connectivity index (χ3n) is 4.65. The summed E-state index contributed by atoms with van der Waals surface area (Å²) >= 11 is 0. The average Bonchev–Trinajstić information content (AvgIpc) is 2.53. The Bertz CT molecular complexity index is 518. The molecule has 1 saturated carbocycles. The van der Waals surface area contributed by atoms with Gasteiger partial charge in [-0.3, -0.25) is 4.79 Å². The predicted octanol–water partition coefficient (Wildman–Crippen LogP) is 2.90. The van der Waals surface area contributed by atoms with Crippen molar-refractivity contribution in [3.63, 3.8) is 0 Å². The van der Waals surface area contributed by atoms with Crippen molar-refractivity contribution >= 4 is 11.6 Å². The summed E-state index contributed by atoms with van der Waals surface area (Å²) in [6, 6.07) is 7.74. The minimum absolute atomic E-state index is 0.0980. The molecular formula is C19H30N2O3. The van der Waals surface area contributed by atoms with E-state index < -0.39 is 6.10 Å². The molecule has 134 valence electrons. The van der Waals surface area contributed by atoms with E-state index in [0.717, 1.165) is 11.6 Å². The van der Waals surface area contributed by atoms with Crippen molar-refractivity contribution < 1.29 is 14.6 Å². The minimum Gasteiger partial charge on any atom is -0.491 e. The summed E-state index contributed by atoms with van der Waals surface area (Å²) in [4.78, 5) is 13.3. The molecule has 1 fully saturated rings. The molecule has 1 aliphatic rings. The zero-order chi connectivity index (χ0) is 17.5. The number of carbonyl (C=O) groups is 1. The van der Waals surface area contributed by atoms with Gasteiger partial charge in [0.1, 0.15) is 18.5 Å². The van der Waals surface area contributed by atoms with E-state index in [1.807, 2.05) is 0 Å². The number of benzene rings is 1. The van der Waals surface area contributed by atoms with Crippen LogP contribution in [0.15, 0.2) is 24.3 Å². The van der Waals surface area contributed by atoms with E-state index in [4.69, 9.17) is 4.74 Å². The highest BCUT2D eigenvalue weighted by molar-refractivity contribution is 5.88. The molecule has 1 aromatic carbocycles. The summed E-state index contributed by atoms with van der Waals surface area (Å²) < 4.78 is 5.65. The van der Waals surface area contributed by atoms with Gasteiger partial charge >= 0.3 is 0 Å². The number of rotatable bonds is 7. The molecule has 5 heteroatoms. The summed E-state index contributed by atoms with van der Waals surface area (Å²) in [6.07, 6.45) is 4.53. The second-order valence-corrected chi connectivity index (χ2v) is 7.04. The molecule has 2 rings (SSSR count). The first-order valence-corrected chi connectivity index (χ1v) is 8.82. The smallest absolute Gasteiger partial charge is 0.221 e. The first-order valence-electron chi connectivity index (χ1n) is 8.82. The number of nitrogens with zero attached hydrogens (tertiary/aromatic N) is 1. The second kappa shape index (κ2) is 9.04. The zero-order valence-corrected chi connectivity index (χ0v) is 15.0. The number of hydrogen-bond acceptors (Lipinski definition) is 4. The highest BCUT2D eigenvalue weighted by atomic mass is 16.5. The Balaban J connectivity index is 1.74. The van der Waals surface area contributed by atoms with Gasteiger partial charge in [0.15, 0.2) is 0 Å². The van der Waals surface area contributed by atoms with Crippen LogP contribution in [0.5, 0.6) is 5.75 Å². The molecule has 0 aliphatic heterocycles. The molecule has 1 amide bonds. The Labute approximate surface area is 145 Å². The number of aliphatic hydroxyl groups excluding tert-OH is 1. The lowest BCUT2D eigenvalue weighted by molar-refractivity contribution is -0.114. The van der Waals surface area contributed by atoms with Crippen LogP contribution in [0.4, 0.5) is 5.69 Å². The molecule has 5 nitrogen and oxygen atoms in total. The van der Waals surface area contributed by atoms with Crippen molar-refractivity contribution in [2.24, 2.45) is 5.92 Å². The second-order valence-electron chi connectivity index (χ2n) is 7.04. The normalized spacial score (nSPS) is 22.2. The van der Waals surface area contributed by atoms with Crippen molar-refractivity contribution in [3.8, 4) is 5.75 Å². The summed E-state index contributed by atoms with van der Waals surface area (Å²) in [5, 5.41) is 12.9. The van der Waals surface area contributed by atoms with Crippen molar-refractivity contribution in [3.05, 3.63) is 24.3 Å². The topological polar surface area (TPSA) is 61.8 Å². The lowest BCUT2D eigenvalue weighted by Gasteiger charge is -2.35. The van der Waals surface area contributed by atoms with Gasteiger partial charge < -0.3 is 20.1 Å². The summed E-state index contributed by atoms with van der Waals surface area (Å²) in [5.41, 5.74) is 0.738. The van der Waals surface area contributed by atoms with Gasteiger partial charge in [0, 0.05) is 25.2 Å². The van der Waals surface area contributed by atoms with Gasteiger partial charge in [0.05, 0.1) is 0 Å². The van der Waals surface area contributed by atoms with Crippen LogP contribution in [0.2, 0.25) is 0 Å². The maximum Gasteiger partial charge on any atom is 0.221 e. The predicted molar refractivity (Wildman–Crippen MR) is 96.3 cm³/mol. The lowest BCUT2D eigenvalue weighted by Crippen LogP contribution is -2.41. The lowest BCUT2D eigenvalue weighted by atomic mass is 9.86. The van der Waals surface area contributed by atoms with Crippen LogP contribution in [0, 0.1) is 5.92 Å². The van der Waals surface area contributed by atoms with Crippen LogP contribution in [-0.4, -0.2) is 48.3 Å². The molecular weight excluding hydrogens is 304 g/mol. The van der Waals surface area contributed by atoms with E-state index in [2.05, 4.69) is 24.2 Å². The fourth-order valence-corrected chi connectivity index (χ4v) is 3.37. The highest BCUT2D eigenvalue weighted by Crippen LogP contribution is 2.26. The Morgan fingerprint density at radius 3 is 2.71 bits per heavy atom. The highest BCUT2D eigenvalue weighted by Gasteiger charge is 2.23. The molecule has 0 heterocycles. The molecule has 24 heavy (non-hydrogen) atoms. The first-order chi connectivity index (χ1) is 11.4. The number of amides is 1. The number of anilines is 1. The van der Waals surface area contributed by atoms with Crippen LogP contribution >= 0.6 is 0 Å². The van der Waals surface area contributed by atoms with Crippen molar-refractivity contribution in [1.29, 1.82) is 0 Å². The van der Waals surface area contributed by atoms with Crippen molar-refractivity contribution in [2.45, 2.75) is 51.7 Å². The number of ether oxygens (including phenoxy) is 1. The SMILES string of the molecule is CC(=O)Nc1ccc(OCC(O)CN(C)C2CCCC(C)C2)cc1. The average molecular weight is 334 g/mol. The molecule has 0 aromatic heterocycles. The third-order valence-corrected chi connectivity index (χ3v) is 4.65. The maximum absolute atomic E-state index is 11.0. The van der Waals surface area contributed by atoms with Crippen molar-refractivity contribution in [2.75, 3.05) is 25.5 Å². The maximum atomic E-state index is 11.0. The largest absolute Gasteiger partial charge is 0.491 e. The van der Waals surface area contributed by atoms with E-state index in [-0.39, 0.29) is 12.5 Å². The molecule has 0 radical (unpaired) electrons. The summed E-state index contributed by atoms with van der Waals surface area (Å²) in [5.74, 6) is 1.37. The fourth-order valence-electron chi connectivity index (χ4n) is 3.37. The van der Waals surface area contributed by atoms with Gasteiger partial charge in [-0.05, 0) is 50.1 Å². The Hall–Kier alpha value is -1.59. The first kappa shape index (κ1) is 18.7. The van der Waals surface area contributed by atoms with Gasteiger partial charge in [0.2, 0.25) is 5.91 Å². The van der Waals surface area contributed by atoms with E-state index in [0.29, 0.717) is 18.3 Å². The van der Waals surface area contributed by atoms with Crippen LogP contribution < -0.4 is 10.1 Å². The number of carbonyl (C=O) groups excluding carboxylic acids is 1. The minimum atomic E-state index is -0.512.